The van der Waals surface area contributed by atoms with E-state index in [2.05, 4.69) is 9.97 Å². The molecule has 2 aromatic rings. The maximum absolute atomic E-state index is 10.2. The van der Waals surface area contributed by atoms with Crippen molar-refractivity contribution in [3.8, 4) is 5.75 Å². The predicted octanol–water partition coefficient (Wildman–Crippen LogP) is 1.96. The number of rotatable bonds is 4. The van der Waals surface area contributed by atoms with Crippen LogP contribution in [0, 0.1) is 0 Å². The highest BCUT2D eigenvalue weighted by Crippen LogP contribution is 2.28. The van der Waals surface area contributed by atoms with Crippen LogP contribution in [0.5, 0.6) is 5.75 Å². The Balaban J connectivity index is 2.33. The Morgan fingerprint density at radius 3 is 2.82 bits per heavy atom. The quantitative estimate of drug-likeness (QED) is 0.872. The van der Waals surface area contributed by atoms with Crippen molar-refractivity contribution in [1.82, 2.24) is 9.97 Å². The summed E-state index contributed by atoms with van der Waals surface area (Å²) >= 11 is 0. The van der Waals surface area contributed by atoms with Crippen molar-refractivity contribution in [1.29, 1.82) is 0 Å². The highest BCUT2D eigenvalue weighted by Gasteiger charge is 2.15. The molecule has 0 aliphatic heterocycles. The van der Waals surface area contributed by atoms with Gasteiger partial charge >= 0.3 is 0 Å². The molecule has 1 unspecified atom stereocenters. The fourth-order valence-corrected chi connectivity index (χ4v) is 1.62. The van der Waals surface area contributed by atoms with Crippen LogP contribution in [-0.4, -0.2) is 21.7 Å². The molecule has 0 saturated heterocycles. The van der Waals surface area contributed by atoms with Crippen molar-refractivity contribution in [2.24, 2.45) is 0 Å². The number of aromatic nitrogens is 2. The Labute approximate surface area is 99.9 Å². The van der Waals surface area contributed by atoms with Crippen LogP contribution in [0.2, 0.25) is 0 Å². The Hall–Kier alpha value is -1.94. The molecule has 0 aliphatic carbocycles. The zero-order valence-corrected chi connectivity index (χ0v) is 9.58. The van der Waals surface area contributed by atoms with Crippen molar-refractivity contribution in [2.75, 3.05) is 6.61 Å². The number of benzene rings is 1. The molecular weight excluding hydrogens is 216 g/mol. The highest BCUT2D eigenvalue weighted by atomic mass is 16.5. The summed E-state index contributed by atoms with van der Waals surface area (Å²) in [6.07, 6.45) is 2.23. The van der Waals surface area contributed by atoms with Gasteiger partial charge in [-0.25, -0.2) is 9.97 Å². The summed E-state index contributed by atoms with van der Waals surface area (Å²) in [7, 11) is 0. The number of hydrogen-bond acceptors (Lipinski definition) is 4. The van der Waals surface area contributed by atoms with Gasteiger partial charge in [0.2, 0.25) is 0 Å². The van der Waals surface area contributed by atoms with Crippen molar-refractivity contribution in [3.05, 3.63) is 54.1 Å². The van der Waals surface area contributed by atoms with Crippen molar-refractivity contribution in [2.45, 2.75) is 13.0 Å². The van der Waals surface area contributed by atoms with Crippen LogP contribution in [0.3, 0.4) is 0 Å². The number of aliphatic hydroxyl groups is 1. The van der Waals surface area contributed by atoms with Gasteiger partial charge in [0.1, 0.15) is 18.2 Å². The molecule has 2 rings (SSSR count). The van der Waals surface area contributed by atoms with E-state index in [0.717, 1.165) is 0 Å². The molecule has 17 heavy (non-hydrogen) atoms. The number of hydrogen-bond donors (Lipinski definition) is 1. The minimum atomic E-state index is -0.791. The topological polar surface area (TPSA) is 55.2 Å². The molecule has 0 spiro atoms. The minimum Gasteiger partial charge on any atom is -0.493 e. The zero-order valence-electron chi connectivity index (χ0n) is 9.58. The number of nitrogens with zero attached hydrogens (tertiary/aromatic N) is 2. The average molecular weight is 230 g/mol. The van der Waals surface area contributed by atoms with Crippen LogP contribution in [0.4, 0.5) is 0 Å². The Kier molecular flexibility index (Phi) is 3.67. The van der Waals surface area contributed by atoms with Crippen LogP contribution >= 0.6 is 0 Å². The maximum atomic E-state index is 10.2. The van der Waals surface area contributed by atoms with Gasteiger partial charge in [0, 0.05) is 11.8 Å². The SMILES string of the molecule is CCOc1ccccc1C(O)c1ccncn1. The number of ether oxygens (including phenoxy) is 1. The lowest BCUT2D eigenvalue weighted by Gasteiger charge is -2.14. The molecule has 1 aromatic carbocycles. The first kappa shape index (κ1) is 11.5. The van der Waals surface area contributed by atoms with E-state index < -0.39 is 6.10 Å². The fraction of sp³-hybridized carbons (Fsp3) is 0.231. The van der Waals surface area contributed by atoms with Gasteiger partial charge in [0.15, 0.2) is 0 Å². The largest absolute Gasteiger partial charge is 0.493 e. The molecule has 0 saturated carbocycles. The third-order valence-electron chi connectivity index (χ3n) is 2.40. The third-order valence-corrected chi connectivity index (χ3v) is 2.40. The maximum Gasteiger partial charge on any atom is 0.125 e. The Morgan fingerprint density at radius 2 is 2.12 bits per heavy atom. The third kappa shape index (κ3) is 2.60. The smallest absolute Gasteiger partial charge is 0.125 e. The number of aliphatic hydroxyl groups excluding tert-OH is 1. The van der Waals surface area contributed by atoms with Gasteiger partial charge in [-0.1, -0.05) is 18.2 Å². The summed E-state index contributed by atoms with van der Waals surface area (Å²) in [6, 6.07) is 9.10. The molecule has 0 amide bonds. The summed E-state index contributed by atoms with van der Waals surface area (Å²) in [4.78, 5) is 7.87. The van der Waals surface area contributed by atoms with E-state index in [9.17, 15) is 5.11 Å². The van der Waals surface area contributed by atoms with Crippen LogP contribution in [0.15, 0.2) is 42.9 Å². The van der Waals surface area contributed by atoms with E-state index in [1.54, 1.807) is 12.3 Å². The van der Waals surface area contributed by atoms with E-state index in [0.29, 0.717) is 23.6 Å². The van der Waals surface area contributed by atoms with E-state index in [1.807, 2.05) is 31.2 Å². The number of para-hydroxylation sites is 1. The van der Waals surface area contributed by atoms with Crippen LogP contribution in [-0.2, 0) is 0 Å². The standard InChI is InChI=1S/C13H14N2O2/c1-2-17-12-6-4-3-5-10(12)13(16)11-7-8-14-9-15-11/h3-9,13,16H,2H2,1H3. The minimum absolute atomic E-state index is 0.562. The first-order chi connectivity index (χ1) is 8.33. The van der Waals surface area contributed by atoms with Crippen LogP contribution in [0.1, 0.15) is 24.3 Å². The second-order valence-electron chi connectivity index (χ2n) is 3.51. The summed E-state index contributed by atoms with van der Waals surface area (Å²) in [5.74, 6) is 0.682. The fourth-order valence-electron chi connectivity index (χ4n) is 1.62. The molecule has 0 aliphatic rings. The second kappa shape index (κ2) is 5.41. The predicted molar refractivity (Wildman–Crippen MR) is 63.7 cm³/mol. The lowest BCUT2D eigenvalue weighted by molar-refractivity contribution is 0.207. The van der Waals surface area contributed by atoms with Gasteiger partial charge in [-0.3, -0.25) is 0 Å². The van der Waals surface area contributed by atoms with E-state index >= 15 is 0 Å². The van der Waals surface area contributed by atoms with Gasteiger partial charge in [-0.05, 0) is 19.1 Å². The van der Waals surface area contributed by atoms with Gasteiger partial charge in [0.25, 0.3) is 0 Å². The first-order valence-corrected chi connectivity index (χ1v) is 5.48. The van der Waals surface area contributed by atoms with Crippen LogP contribution < -0.4 is 4.74 Å². The molecule has 0 radical (unpaired) electrons. The molecule has 1 N–H and O–H groups in total. The van der Waals surface area contributed by atoms with Crippen molar-refractivity contribution in [3.63, 3.8) is 0 Å². The Bertz CT molecular complexity index is 474. The molecule has 4 heteroatoms. The first-order valence-electron chi connectivity index (χ1n) is 5.48. The van der Waals surface area contributed by atoms with Gasteiger partial charge in [-0.2, -0.15) is 0 Å². The molecule has 1 atom stereocenters. The molecule has 4 nitrogen and oxygen atoms in total. The molecule has 0 bridgehead atoms. The average Bonchev–Trinajstić information content (AvgIpc) is 2.40. The molecule has 88 valence electrons. The van der Waals surface area contributed by atoms with Gasteiger partial charge < -0.3 is 9.84 Å². The van der Waals surface area contributed by atoms with Crippen LogP contribution in [0.25, 0.3) is 0 Å². The van der Waals surface area contributed by atoms with Gasteiger partial charge in [-0.15, -0.1) is 0 Å². The summed E-state index contributed by atoms with van der Waals surface area (Å²) < 4.78 is 5.48. The van der Waals surface area contributed by atoms with E-state index in [4.69, 9.17) is 4.74 Å². The highest BCUT2D eigenvalue weighted by molar-refractivity contribution is 5.38. The normalized spacial score (nSPS) is 12.1. The molecule has 1 heterocycles. The monoisotopic (exact) mass is 230 g/mol. The Morgan fingerprint density at radius 1 is 1.29 bits per heavy atom. The molecular formula is C13H14N2O2. The summed E-state index contributed by atoms with van der Waals surface area (Å²) in [5, 5.41) is 10.2. The lowest BCUT2D eigenvalue weighted by atomic mass is 10.1. The molecule has 1 aromatic heterocycles. The van der Waals surface area contributed by atoms with E-state index in [-0.39, 0.29) is 0 Å². The zero-order chi connectivity index (χ0) is 12.1. The summed E-state index contributed by atoms with van der Waals surface area (Å²) in [6.45, 7) is 2.47. The van der Waals surface area contributed by atoms with Crippen molar-refractivity contribution >= 4 is 0 Å². The lowest BCUT2D eigenvalue weighted by Crippen LogP contribution is -2.05. The van der Waals surface area contributed by atoms with Gasteiger partial charge in [0.05, 0.1) is 12.3 Å². The second-order valence-corrected chi connectivity index (χ2v) is 3.51. The summed E-state index contributed by atoms with van der Waals surface area (Å²) in [5.41, 5.74) is 1.28. The molecule has 0 fully saturated rings. The van der Waals surface area contributed by atoms with Crippen molar-refractivity contribution < 1.29 is 9.84 Å². The van der Waals surface area contributed by atoms with E-state index in [1.165, 1.54) is 6.33 Å².